The molecule has 0 unspecified atom stereocenters. The van der Waals surface area contributed by atoms with Crippen molar-refractivity contribution in [2.24, 2.45) is 0 Å². The van der Waals surface area contributed by atoms with Crippen molar-refractivity contribution in [3.63, 3.8) is 0 Å². The number of halogens is 3. The van der Waals surface area contributed by atoms with E-state index in [0.29, 0.717) is 42.1 Å². The summed E-state index contributed by atoms with van der Waals surface area (Å²) in [6.45, 7) is 1.17. The molecule has 6 nitrogen and oxygen atoms in total. The molecule has 1 aliphatic rings. The van der Waals surface area contributed by atoms with Crippen molar-refractivity contribution in [1.82, 2.24) is 10.5 Å². The number of aromatic nitrogens is 1. The molecule has 0 spiro atoms. The maximum Gasteiger partial charge on any atom is 0.416 e. The first-order valence-electron chi connectivity index (χ1n) is 9.32. The van der Waals surface area contributed by atoms with E-state index in [4.69, 9.17) is 9.94 Å². The smallest absolute Gasteiger partial charge is 0.416 e. The van der Waals surface area contributed by atoms with Crippen LogP contribution in [0.1, 0.15) is 27.0 Å². The largest absolute Gasteiger partial charge is 0.496 e. The molecule has 2 N–H and O–H groups in total. The average molecular weight is 449 g/mol. The highest BCUT2D eigenvalue weighted by molar-refractivity contribution is 7.14. The zero-order valence-electron chi connectivity index (χ0n) is 16.4. The topological polar surface area (TPSA) is 74.7 Å². The number of fused-ring (bicyclic) bond motifs is 1. The van der Waals surface area contributed by atoms with Crippen LogP contribution in [0.3, 0.4) is 0 Å². The number of methoxy groups -OCH3 is 1. The van der Waals surface area contributed by atoms with Gasteiger partial charge in [-0.3, -0.25) is 10.0 Å². The number of ether oxygens (including phenoxy) is 1. The van der Waals surface area contributed by atoms with Gasteiger partial charge in [-0.1, -0.05) is 12.1 Å². The van der Waals surface area contributed by atoms with Crippen LogP contribution in [-0.4, -0.2) is 29.8 Å². The molecular weight excluding hydrogens is 431 g/mol. The van der Waals surface area contributed by atoms with Crippen LogP contribution in [0, 0.1) is 0 Å². The molecule has 1 aromatic heterocycles. The summed E-state index contributed by atoms with van der Waals surface area (Å²) in [5, 5.41) is 11.5. The zero-order valence-corrected chi connectivity index (χ0v) is 17.2. The number of hydroxylamine groups is 1. The predicted octanol–water partition coefficient (Wildman–Crippen LogP) is 4.52. The van der Waals surface area contributed by atoms with Crippen LogP contribution >= 0.6 is 11.3 Å². The molecule has 31 heavy (non-hydrogen) atoms. The molecular formula is C21H18F3N3O3S. The Kier molecular flexibility index (Phi) is 5.59. The summed E-state index contributed by atoms with van der Waals surface area (Å²) in [6.07, 6.45) is -3.73. The van der Waals surface area contributed by atoms with Crippen LogP contribution in [0.5, 0.6) is 5.75 Å². The molecule has 2 aromatic carbocycles. The predicted molar refractivity (Wildman–Crippen MR) is 110 cm³/mol. The van der Waals surface area contributed by atoms with E-state index in [-0.39, 0.29) is 0 Å². The van der Waals surface area contributed by atoms with Gasteiger partial charge in [0.25, 0.3) is 5.91 Å². The van der Waals surface area contributed by atoms with Gasteiger partial charge in [-0.05, 0) is 36.2 Å². The van der Waals surface area contributed by atoms with Gasteiger partial charge >= 0.3 is 6.18 Å². The minimum absolute atomic E-state index is 0.311. The minimum atomic E-state index is -4.37. The summed E-state index contributed by atoms with van der Waals surface area (Å²) in [5.41, 5.74) is 4.35. The van der Waals surface area contributed by atoms with Crippen LogP contribution in [0.2, 0.25) is 0 Å². The van der Waals surface area contributed by atoms with Crippen LogP contribution in [0.25, 0.3) is 11.3 Å². The van der Waals surface area contributed by atoms with Crippen molar-refractivity contribution >= 4 is 22.4 Å². The number of nitrogens with one attached hydrogen (secondary N) is 1. The van der Waals surface area contributed by atoms with Gasteiger partial charge in [-0.25, -0.2) is 10.5 Å². The van der Waals surface area contributed by atoms with Crippen molar-refractivity contribution in [3.8, 4) is 17.0 Å². The SMILES string of the molecule is COc1cc(C(=O)NO)cc2c1CN(c1nc(-c3ccc(C(F)(F)F)cc3)cs1)CC2. The Morgan fingerprint density at radius 3 is 2.65 bits per heavy atom. The van der Waals surface area contributed by atoms with Crippen molar-refractivity contribution in [2.45, 2.75) is 19.1 Å². The van der Waals surface area contributed by atoms with Crippen LogP contribution in [-0.2, 0) is 19.1 Å². The number of alkyl halides is 3. The van der Waals surface area contributed by atoms with Gasteiger partial charge in [0.2, 0.25) is 0 Å². The van der Waals surface area contributed by atoms with Gasteiger partial charge in [0.1, 0.15) is 5.75 Å². The third kappa shape index (κ3) is 4.21. The number of thiazole rings is 1. The number of anilines is 1. The van der Waals surface area contributed by atoms with Gasteiger partial charge < -0.3 is 9.64 Å². The highest BCUT2D eigenvalue weighted by atomic mass is 32.1. The molecule has 0 saturated heterocycles. The standard InChI is InChI=1S/C21H18F3N3O3S/c1-30-18-9-14(19(28)26-29)8-13-6-7-27(10-16(13)18)20-25-17(11-31-20)12-2-4-15(5-3-12)21(22,23)24/h2-5,8-9,11,29H,6-7,10H2,1H3,(H,26,28). The first-order chi connectivity index (χ1) is 14.8. The van der Waals surface area contributed by atoms with E-state index in [9.17, 15) is 18.0 Å². The Morgan fingerprint density at radius 1 is 1.26 bits per heavy atom. The number of hydrogen-bond acceptors (Lipinski definition) is 6. The van der Waals surface area contributed by atoms with Crippen LogP contribution < -0.4 is 15.1 Å². The average Bonchev–Trinajstić information content (AvgIpc) is 3.27. The molecule has 1 aliphatic heterocycles. The summed E-state index contributed by atoms with van der Waals surface area (Å²) < 4.78 is 43.8. The normalized spacial score (nSPS) is 13.6. The zero-order chi connectivity index (χ0) is 22.2. The summed E-state index contributed by atoms with van der Waals surface area (Å²) >= 11 is 1.42. The van der Waals surface area contributed by atoms with Gasteiger partial charge in [0, 0.05) is 35.2 Å². The molecule has 162 valence electrons. The number of amides is 1. The fraction of sp³-hybridized carbons (Fsp3) is 0.238. The summed E-state index contributed by atoms with van der Waals surface area (Å²) in [4.78, 5) is 18.4. The second-order valence-corrected chi connectivity index (χ2v) is 7.86. The first-order valence-corrected chi connectivity index (χ1v) is 10.2. The molecule has 0 fully saturated rings. The fourth-order valence-corrected chi connectivity index (χ4v) is 4.41. The van der Waals surface area contributed by atoms with E-state index in [1.165, 1.54) is 30.6 Å². The lowest BCUT2D eigenvalue weighted by molar-refractivity contribution is -0.137. The number of carbonyl (C=O) groups is 1. The monoisotopic (exact) mass is 449 g/mol. The lowest BCUT2D eigenvalue weighted by Crippen LogP contribution is -2.31. The minimum Gasteiger partial charge on any atom is -0.496 e. The van der Waals surface area contributed by atoms with Crippen molar-refractivity contribution in [3.05, 3.63) is 64.0 Å². The molecule has 10 heteroatoms. The second-order valence-electron chi connectivity index (χ2n) is 7.02. The Balaban J connectivity index is 1.57. The highest BCUT2D eigenvalue weighted by Gasteiger charge is 2.30. The maximum absolute atomic E-state index is 12.8. The Labute approximate surface area is 179 Å². The first kappa shape index (κ1) is 21.1. The van der Waals surface area contributed by atoms with E-state index >= 15 is 0 Å². The highest BCUT2D eigenvalue weighted by Crippen LogP contribution is 2.36. The molecule has 3 aromatic rings. The Morgan fingerprint density at radius 2 is 2.00 bits per heavy atom. The summed E-state index contributed by atoms with van der Waals surface area (Å²) in [6, 6.07) is 8.25. The van der Waals surface area contributed by atoms with Crippen molar-refractivity contribution < 1.29 is 27.9 Å². The molecule has 2 heterocycles. The molecule has 1 amide bonds. The van der Waals surface area contributed by atoms with Gasteiger partial charge in [-0.15, -0.1) is 11.3 Å². The van der Waals surface area contributed by atoms with Crippen molar-refractivity contribution in [1.29, 1.82) is 0 Å². The van der Waals surface area contributed by atoms with Gasteiger partial charge in [0.05, 0.1) is 18.4 Å². The number of nitrogens with zero attached hydrogens (tertiary/aromatic N) is 2. The fourth-order valence-electron chi connectivity index (χ4n) is 3.54. The quantitative estimate of drug-likeness (QED) is 0.453. The summed E-state index contributed by atoms with van der Waals surface area (Å²) in [5.74, 6) is -0.0649. The van der Waals surface area contributed by atoms with Crippen LogP contribution in [0.4, 0.5) is 18.3 Å². The van der Waals surface area contributed by atoms with E-state index in [1.54, 1.807) is 17.6 Å². The van der Waals surface area contributed by atoms with E-state index in [2.05, 4.69) is 9.88 Å². The number of benzene rings is 2. The number of carbonyl (C=O) groups excluding carboxylic acids is 1. The Hall–Kier alpha value is -3.11. The van der Waals surface area contributed by atoms with Crippen molar-refractivity contribution in [2.75, 3.05) is 18.6 Å². The molecule has 0 aliphatic carbocycles. The Bertz CT molecular complexity index is 1100. The van der Waals surface area contributed by atoms with E-state index in [1.807, 2.05) is 5.38 Å². The number of hydrogen-bond donors (Lipinski definition) is 2. The van der Waals surface area contributed by atoms with Crippen LogP contribution in [0.15, 0.2) is 41.8 Å². The molecule has 0 atom stereocenters. The molecule has 0 radical (unpaired) electrons. The maximum atomic E-state index is 12.8. The van der Waals surface area contributed by atoms with E-state index < -0.39 is 17.6 Å². The van der Waals surface area contributed by atoms with Gasteiger partial charge in [-0.2, -0.15) is 13.2 Å². The molecule has 0 saturated carbocycles. The molecule has 4 rings (SSSR count). The summed E-state index contributed by atoms with van der Waals surface area (Å²) in [7, 11) is 1.52. The number of rotatable bonds is 4. The molecule has 0 bridgehead atoms. The second kappa shape index (κ2) is 8.20. The van der Waals surface area contributed by atoms with Gasteiger partial charge in [0.15, 0.2) is 5.13 Å². The lowest BCUT2D eigenvalue weighted by atomic mass is 9.96. The lowest BCUT2D eigenvalue weighted by Gasteiger charge is -2.30. The third-order valence-corrected chi connectivity index (χ3v) is 6.06. The van der Waals surface area contributed by atoms with E-state index in [0.717, 1.165) is 28.4 Å². The third-order valence-electron chi connectivity index (χ3n) is 5.16.